The molecule has 0 spiro atoms. The van der Waals surface area contributed by atoms with E-state index in [1.807, 2.05) is 30.8 Å². The molecule has 1 unspecified atom stereocenters. The maximum atomic E-state index is 11.2. The normalized spacial score (nSPS) is 16.6. The molecule has 1 fully saturated rings. The minimum Gasteiger partial charge on any atom is -0.361 e. The topological polar surface area (TPSA) is 91.7 Å². The first kappa shape index (κ1) is 26.0. The van der Waals surface area contributed by atoms with Gasteiger partial charge in [-0.05, 0) is 61.6 Å². The SMILES string of the molecule is O=[C]N[C@@H]1CCCN(C(Cc2c[nH]c3ccccc23)c2nnc(CCc3ccccc3)n2Cc2ccccn2)C1. The third-order valence-electron chi connectivity index (χ3n) is 7.93. The van der Waals surface area contributed by atoms with E-state index in [0.717, 1.165) is 68.1 Å². The van der Waals surface area contributed by atoms with E-state index in [9.17, 15) is 4.79 Å². The Morgan fingerprint density at radius 3 is 2.70 bits per heavy atom. The van der Waals surface area contributed by atoms with E-state index in [0.29, 0.717) is 6.54 Å². The quantitative estimate of drug-likeness (QED) is 0.246. The van der Waals surface area contributed by atoms with E-state index in [-0.39, 0.29) is 12.1 Å². The van der Waals surface area contributed by atoms with E-state index in [2.05, 4.69) is 85.5 Å². The summed E-state index contributed by atoms with van der Waals surface area (Å²) in [5, 5.41) is 13.8. The third kappa shape index (κ3) is 5.82. The molecule has 203 valence electrons. The number of rotatable bonds is 11. The summed E-state index contributed by atoms with van der Waals surface area (Å²) in [6, 6.07) is 25.0. The van der Waals surface area contributed by atoms with Crippen molar-refractivity contribution in [1.82, 2.24) is 34.9 Å². The maximum absolute atomic E-state index is 11.2. The van der Waals surface area contributed by atoms with Crippen molar-refractivity contribution in [2.75, 3.05) is 13.1 Å². The summed E-state index contributed by atoms with van der Waals surface area (Å²) in [4.78, 5) is 21.7. The number of hydrogen-bond donors (Lipinski definition) is 2. The Hall–Kier alpha value is -4.30. The van der Waals surface area contributed by atoms with Gasteiger partial charge in [0.25, 0.3) is 0 Å². The summed E-state index contributed by atoms with van der Waals surface area (Å²) in [7, 11) is 0. The van der Waals surface area contributed by atoms with Crippen LogP contribution in [0.4, 0.5) is 0 Å². The lowest BCUT2D eigenvalue weighted by molar-refractivity contribution is 0.134. The van der Waals surface area contributed by atoms with Crippen molar-refractivity contribution in [2.45, 2.75) is 50.7 Å². The van der Waals surface area contributed by atoms with E-state index in [4.69, 9.17) is 10.2 Å². The molecule has 4 heterocycles. The van der Waals surface area contributed by atoms with E-state index >= 15 is 0 Å². The largest absolute Gasteiger partial charge is 0.361 e. The van der Waals surface area contributed by atoms with Crippen LogP contribution in [-0.4, -0.2) is 55.2 Å². The van der Waals surface area contributed by atoms with Crippen molar-refractivity contribution in [2.24, 2.45) is 0 Å². The number of aryl methyl sites for hydroxylation is 2. The standard InChI is InChI=1S/C32H34N7O/c40-23-35-26-12-8-18-38(21-26)30(19-25-20-34-29-14-5-4-13-28(25)29)32-37-36-31(16-15-24-9-2-1-3-10-24)39(32)22-27-11-6-7-17-33-27/h1-7,9-11,13-14,17,20,26,30,34H,8,12,15-16,18-19,21-22H2,(H,35,40)/t26-,30?/m1/s1. The molecule has 8 nitrogen and oxygen atoms in total. The highest BCUT2D eigenvalue weighted by atomic mass is 16.1. The zero-order chi connectivity index (χ0) is 27.1. The Bertz CT molecular complexity index is 1530. The number of para-hydroxylation sites is 1. The molecule has 0 aliphatic carbocycles. The van der Waals surface area contributed by atoms with Crippen LogP contribution in [0.3, 0.4) is 0 Å². The average molecular weight is 533 g/mol. The Balaban J connectivity index is 1.38. The first-order chi connectivity index (χ1) is 19.8. The number of likely N-dealkylation sites (tertiary alicyclic amines) is 1. The Morgan fingerprint density at radius 2 is 1.85 bits per heavy atom. The van der Waals surface area contributed by atoms with Gasteiger partial charge < -0.3 is 14.9 Å². The lowest BCUT2D eigenvalue weighted by Crippen LogP contribution is -2.47. The van der Waals surface area contributed by atoms with Gasteiger partial charge in [-0.3, -0.25) is 14.7 Å². The molecule has 1 aliphatic rings. The van der Waals surface area contributed by atoms with Gasteiger partial charge in [-0.25, -0.2) is 0 Å². The molecule has 0 bridgehead atoms. The highest BCUT2D eigenvalue weighted by molar-refractivity contribution is 5.83. The lowest BCUT2D eigenvalue weighted by atomic mass is 9.98. The summed E-state index contributed by atoms with van der Waals surface area (Å²) in [5.41, 5.74) is 4.63. The van der Waals surface area contributed by atoms with Crippen molar-refractivity contribution >= 4 is 17.3 Å². The highest BCUT2D eigenvalue weighted by Gasteiger charge is 2.32. The lowest BCUT2D eigenvalue weighted by Gasteiger charge is -2.37. The van der Waals surface area contributed by atoms with Crippen LogP contribution in [0.5, 0.6) is 0 Å². The number of H-pyrrole nitrogens is 1. The molecule has 6 rings (SSSR count). The van der Waals surface area contributed by atoms with Gasteiger partial charge in [-0.2, -0.15) is 0 Å². The van der Waals surface area contributed by atoms with Crippen LogP contribution in [0.15, 0.2) is 85.2 Å². The molecule has 2 atom stereocenters. The summed E-state index contributed by atoms with van der Waals surface area (Å²) in [5.74, 6) is 1.90. The van der Waals surface area contributed by atoms with Gasteiger partial charge in [0.2, 0.25) is 0 Å². The minimum atomic E-state index is -0.0165. The summed E-state index contributed by atoms with van der Waals surface area (Å²) in [6.07, 6.45) is 10.3. The average Bonchev–Trinajstić information content (AvgIpc) is 3.60. The van der Waals surface area contributed by atoms with Gasteiger partial charge in [0.05, 0.1) is 18.3 Å². The minimum absolute atomic E-state index is 0.0165. The fraction of sp³-hybridized carbons (Fsp3) is 0.312. The van der Waals surface area contributed by atoms with E-state index in [1.54, 1.807) is 0 Å². The molecular weight excluding hydrogens is 498 g/mol. The van der Waals surface area contributed by atoms with Crippen molar-refractivity contribution in [3.63, 3.8) is 0 Å². The van der Waals surface area contributed by atoms with Crippen molar-refractivity contribution in [3.05, 3.63) is 114 Å². The molecule has 2 N–H and O–H groups in total. The fourth-order valence-electron chi connectivity index (χ4n) is 5.89. The Morgan fingerprint density at radius 1 is 1.00 bits per heavy atom. The molecule has 0 saturated carbocycles. The smallest absolute Gasteiger partial charge is 0.309 e. The summed E-state index contributed by atoms with van der Waals surface area (Å²) in [6.45, 7) is 2.28. The van der Waals surface area contributed by atoms with Gasteiger partial charge in [0.15, 0.2) is 5.82 Å². The predicted octanol–water partition coefficient (Wildman–Crippen LogP) is 4.39. The number of pyridine rings is 1. The molecule has 1 radical (unpaired) electrons. The number of hydrogen-bond acceptors (Lipinski definition) is 5. The number of benzene rings is 2. The number of aromatic amines is 1. The van der Waals surface area contributed by atoms with Gasteiger partial charge >= 0.3 is 6.41 Å². The number of nitrogens with zero attached hydrogens (tertiary/aromatic N) is 5. The molecule has 5 aromatic rings. The highest BCUT2D eigenvalue weighted by Crippen LogP contribution is 2.31. The van der Waals surface area contributed by atoms with Gasteiger partial charge in [-0.1, -0.05) is 54.6 Å². The summed E-state index contributed by atoms with van der Waals surface area (Å²) < 4.78 is 2.27. The van der Waals surface area contributed by atoms with Crippen LogP contribution in [0.1, 0.15) is 47.4 Å². The zero-order valence-electron chi connectivity index (χ0n) is 22.5. The van der Waals surface area contributed by atoms with Crippen LogP contribution >= 0.6 is 0 Å². The van der Waals surface area contributed by atoms with Gasteiger partial charge in [-0.15, -0.1) is 10.2 Å². The molecule has 1 aliphatic heterocycles. The van der Waals surface area contributed by atoms with Crippen LogP contribution < -0.4 is 5.32 Å². The van der Waals surface area contributed by atoms with Crippen molar-refractivity contribution in [3.8, 4) is 0 Å². The molecule has 1 amide bonds. The first-order valence-corrected chi connectivity index (χ1v) is 14.1. The first-order valence-electron chi connectivity index (χ1n) is 14.1. The zero-order valence-corrected chi connectivity index (χ0v) is 22.5. The number of fused-ring (bicyclic) bond motifs is 1. The third-order valence-corrected chi connectivity index (χ3v) is 7.93. The van der Waals surface area contributed by atoms with Crippen LogP contribution in [0.25, 0.3) is 10.9 Å². The summed E-state index contributed by atoms with van der Waals surface area (Å²) >= 11 is 0. The maximum Gasteiger partial charge on any atom is 0.309 e. The van der Waals surface area contributed by atoms with Crippen LogP contribution in [0, 0.1) is 0 Å². The number of piperidine rings is 1. The number of carbonyl (C=O) groups excluding carboxylic acids is 1. The van der Waals surface area contributed by atoms with Gasteiger partial charge in [0.1, 0.15) is 5.82 Å². The second-order valence-electron chi connectivity index (χ2n) is 10.5. The second kappa shape index (κ2) is 12.3. The second-order valence-corrected chi connectivity index (χ2v) is 10.5. The molecule has 2 aromatic carbocycles. The van der Waals surface area contributed by atoms with Gasteiger partial charge in [0, 0.05) is 42.3 Å². The molecule has 3 aromatic heterocycles. The monoisotopic (exact) mass is 532 g/mol. The van der Waals surface area contributed by atoms with Crippen LogP contribution in [-0.2, 0) is 30.6 Å². The Kier molecular flexibility index (Phi) is 7.95. The molecule has 1 saturated heterocycles. The van der Waals surface area contributed by atoms with E-state index in [1.165, 1.54) is 16.5 Å². The molecular formula is C32H34N7O. The number of aromatic nitrogens is 5. The Labute approximate surface area is 234 Å². The van der Waals surface area contributed by atoms with Crippen molar-refractivity contribution in [1.29, 1.82) is 0 Å². The number of nitrogens with one attached hydrogen (secondary N) is 2. The predicted molar refractivity (Wildman–Crippen MR) is 155 cm³/mol. The molecule has 40 heavy (non-hydrogen) atoms. The van der Waals surface area contributed by atoms with E-state index < -0.39 is 0 Å². The van der Waals surface area contributed by atoms with Crippen molar-refractivity contribution < 1.29 is 4.79 Å². The fourth-order valence-corrected chi connectivity index (χ4v) is 5.89. The van der Waals surface area contributed by atoms with Crippen LogP contribution in [0.2, 0.25) is 0 Å². The molecule has 8 heteroatoms. The number of amides is 1.